The number of nitro groups is 1. The van der Waals surface area contributed by atoms with Crippen molar-refractivity contribution in [2.24, 2.45) is 0 Å². The number of ether oxygens (including phenoxy) is 1. The second kappa shape index (κ2) is 6.87. The molecule has 0 bridgehead atoms. The topological polar surface area (TPSA) is 75.8 Å². The van der Waals surface area contributed by atoms with Gasteiger partial charge in [0.1, 0.15) is 5.69 Å². The predicted octanol–water partition coefficient (Wildman–Crippen LogP) is 1.18. The molecule has 7 heteroatoms. The Morgan fingerprint density at radius 3 is 2.78 bits per heavy atom. The van der Waals surface area contributed by atoms with Gasteiger partial charge in [-0.25, -0.2) is 0 Å². The summed E-state index contributed by atoms with van der Waals surface area (Å²) in [5.41, 5.74) is -0.437. The van der Waals surface area contributed by atoms with Crippen LogP contribution in [0.2, 0.25) is 0 Å². The molecule has 6 nitrogen and oxygen atoms in total. The molecule has 0 saturated carbocycles. The average molecular weight is 258 g/mol. The van der Waals surface area contributed by atoms with Gasteiger partial charge in [-0.05, 0) is 12.1 Å². The molecule has 0 unspecified atom stereocenters. The monoisotopic (exact) mass is 258 g/mol. The molecule has 0 aliphatic rings. The smallest absolute Gasteiger partial charge is 0.327 e. The number of aliphatic hydroxyl groups is 1. The fourth-order valence-corrected chi connectivity index (χ4v) is 1.61. The molecule has 0 fully saturated rings. The molecule has 0 aliphatic heterocycles. The van der Waals surface area contributed by atoms with E-state index in [0.29, 0.717) is 13.2 Å². The summed E-state index contributed by atoms with van der Waals surface area (Å²) in [5.74, 6) is -0.891. The van der Waals surface area contributed by atoms with E-state index in [1.54, 1.807) is 0 Å². The zero-order chi connectivity index (χ0) is 13.5. The zero-order valence-corrected chi connectivity index (χ0v) is 10.0. The lowest BCUT2D eigenvalue weighted by Gasteiger charge is -2.23. The van der Waals surface area contributed by atoms with Gasteiger partial charge in [-0.15, -0.1) is 0 Å². The first-order valence-electron chi connectivity index (χ1n) is 5.39. The van der Waals surface area contributed by atoms with E-state index in [0.717, 1.165) is 6.07 Å². The standard InChI is InChI=1S/C11H15FN2O4/c1-18-8-6-13(5-7-15)10-4-2-3-9(12)11(10)14(16)17/h2-4,15H,5-8H2,1H3. The number of methoxy groups -OCH3 is 1. The molecule has 1 N–H and O–H groups in total. The van der Waals surface area contributed by atoms with E-state index >= 15 is 0 Å². The summed E-state index contributed by atoms with van der Waals surface area (Å²) >= 11 is 0. The van der Waals surface area contributed by atoms with Crippen LogP contribution in [0.15, 0.2) is 18.2 Å². The summed E-state index contributed by atoms with van der Waals surface area (Å²) in [4.78, 5) is 11.6. The Balaban J connectivity index is 3.10. The maximum absolute atomic E-state index is 13.5. The Labute approximate surface area is 104 Å². The van der Waals surface area contributed by atoms with Crippen molar-refractivity contribution in [3.05, 3.63) is 34.1 Å². The Morgan fingerprint density at radius 1 is 1.50 bits per heavy atom. The molecule has 0 amide bonds. The van der Waals surface area contributed by atoms with Crippen molar-refractivity contribution in [3.63, 3.8) is 0 Å². The first-order valence-corrected chi connectivity index (χ1v) is 5.39. The van der Waals surface area contributed by atoms with Crippen molar-refractivity contribution < 1.29 is 19.2 Å². The molecule has 1 rings (SSSR count). The molecular formula is C11H15FN2O4. The van der Waals surface area contributed by atoms with Gasteiger partial charge in [0.25, 0.3) is 0 Å². The molecule has 100 valence electrons. The van der Waals surface area contributed by atoms with Gasteiger partial charge in [0.2, 0.25) is 5.82 Å². The van der Waals surface area contributed by atoms with Crippen LogP contribution in [0, 0.1) is 15.9 Å². The van der Waals surface area contributed by atoms with E-state index < -0.39 is 16.4 Å². The summed E-state index contributed by atoms with van der Waals surface area (Å²) < 4.78 is 18.3. The van der Waals surface area contributed by atoms with Crippen LogP contribution < -0.4 is 4.90 Å². The fourth-order valence-electron chi connectivity index (χ4n) is 1.61. The number of hydrogen-bond donors (Lipinski definition) is 1. The minimum absolute atomic E-state index is 0.145. The largest absolute Gasteiger partial charge is 0.395 e. The molecule has 18 heavy (non-hydrogen) atoms. The van der Waals surface area contributed by atoms with E-state index in [1.165, 1.54) is 24.1 Å². The zero-order valence-electron chi connectivity index (χ0n) is 10.0. The van der Waals surface area contributed by atoms with Crippen LogP contribution in [-0.2, 0) is 4.74 Å². The van der Waals surface area contributed by atoms with Crippen molar-refractivity contribution in [2.45, 2.75) is 0 Å². The number of anilines is 1. The molecule has 0 aliphatic carbocycles. The van der Waals surface area contributed by atoms with E-state index in [2.05, 4.69) is 0 Å². The molecule has 1 aromatic rings. The van der Waals surface area contributed by atoms with E-state index in [1.807, 2.05) is 0 Å². The van der Waals surface area contributed by atoms with Crippen molar-refractivity contribution in [1.29, 1.82) is 0 Å². The molecule has 0 atom stereocenters. The number of nitrogens with zero attached hydrogens (tertiary/aromatic N) is 2. The Morgan fingerprint density at radius 2 is 2.22 bits per heavy atom. The highest BCUT2D eigenvalue weighted by molar-refractivity contribution is 5.63. The highest BCUT2D eigenvalue weighted by atomic mass is 19.1. The number of hydrogen-bond acceptors (Lipinski definition) is 5. The summed E-state index contributed by atoms with van der Waals surface area (Å²) in [5, 5.41) is 19.8. The number of halogens is 1. The summed E-state index contributed by atoms with van der Waals surface area (Å²) in [6.45, 7) is 0.653. The lowest BCUT2D eigenvalue weighted by Crippen LogP contribution is -2.30. The number of rotatable bonds is 7. The van der Waals surface area contributed by atoms with Crippen LogP contribution in [0.3, 0.4) is 0 Å². The van der Waals surface area contributed by atoms with Gasteiger partial charge >= 0.3 is 5.69 Å². The quantitative estimate of drug-likeness (QED) is 0.587. The lowest BCUT2D eigenvalue weighted by atomic mass is 10.2. The van der Waals surface area contributed by atoms with Crippen LogP contribution >= 0.6 is 0 Å². The van der Waals surface area contributed by atoms with Gasteiger partial charge in [0.15, 0.2) is 0 Å². The Hall–Kier alpha value is -1.73. The number of benzene rings is 1. The van der Waals surface area contributed by atoms with Crippen LogP contribution in [-0.4, -0.2) is 43.4 Å². The molecule has 0 spiro atoms. The molecular weight excluding hydrogens is 243 g/mol. The summed E-state index contributed by atoms with van der Waals surface area (Å²) in [6, 6.07) is 3.89. The van der Waals surface area contributed by atoms with Crippen LogP contribution in [0.25, 0.3) is 0 Å². The molecule has 0 aromatic heterocycles. The molecule has 1 aromatic carbocycles. The number of aliphatic hydroxyl groups excluding tert-OH is 1. The third-order valence-electron chi connectivity index (χ3n) is 2.42. The number of para-hydroxylation sites is 1. The maximum atomic E-state index is 13.5. The first kappa shape index (κ1) is 14.3. The third kappa shape index (κ3) is 3.38. The van der Waals surface area contributed by atoms with Crippen molar-refractivity contribution in [3.8, 4) is 0 Å². The van der Waals surface area contributed by atoms with Gasteiger partial charge < -0.3 is 14.7 Å². The van der Waals surface area contributed by atoms with Crippen LogP contribution in [0.1, 0.15) is 0 Å². The number of nitro benzene ring substituents is 1. The first-order chi connectivity index (χ1) is 8.61. The summed E-state index contributed by atoms with van der Waals surface area (Å²) in [6.07, 6.45) is 0. The van der Waals surface area contributed by atoms with Gasteiger partial charge in [-0.2, -0.15) is 4.39 Å². The maximum Gasteiger partial charge on any atom is 0.327 e. The summed E-state index contributed by atoms with van der Waals surface area (Å²) in [7, 11) is 1.50. The highest BCUT2D eigenvalue weighted by Gasteiger charge is 2.23. The third-order valence-corrected chi connectivity index (χ3v) is 2.42. The van der Waals surface area contributed by atoms with Crippen molar-refractivity contribution in [2.75, 3.05) is 38.3 Å². The predicted molar refractivity (Wildman–Crippen MR) is 64.2 cm³/mol. The fraction of sp³-hybridized carbons (Fsp3) is 0.455. The average Bonchev–Trinajstić information content (AvgIpc) is 2.33. The molecule has 0 saturated heterocycles. The lowest BCUT2D eigenvalue weighted by molar-refractivity contribution is -0.386. The minimum Gasteiger partial charge on any atom is -0.395 e. The SMILES string of the molecule is COCCN(CCO)c1cccc(F)c1[N+](=O)[O-]. The Bertz CT molecular complexity index is 414. The van der Waals surface area contributed by atoms with Crippen molar-refractivity contribution in [1.82, 2.24) is 0 Å². The van der Waals surface area contributed by atoms with Gasteiger partial charge in [0, 0.05) is 20.2 Å². The van der Waals surface area contributed by atoms with Gasteiger partial charge in [-0.3, -0.25) is 10.1 Å². The van der Waals surface area contributed by atoms with Gasteiger partial charge in [-0.1, -0.05) is 6.07 Å². The van der Waals surface area contributed by atoms with Crippen molar-refractivity contribution >= 4 is 11.4 Å². The Kier molecular flexibility index (Phi) is 5.47. The van der Waals surface area contributed by atoms with Crippen LogP contribution in [0.4, 0.5) is 15.8 Å². The second-order valence-corrected chi connectivity index (χ2v) is 3.57. The van der Waals surface area contributed by atoms with E-state index in [4.69, 9.17) is 9.84 Å². The highest BCUT2D eigenvalue weighted by Crippen LogP contribution is 2.30. The molecule has 0 heterocycles. The second-order valence-electron chi connectivity index (χ2n) is 3.57. The van der Waals surface area contributed by atoms with Crippen LogP contribution in [0.5, 0.6) is 0 Å². The molecule has 0 radical (unpaired) electrons. The normalized spacial score (nSPS) is 10.4. The minimum atomic E-state index is -0.891. The van der Waals surface area contributed by atoms with E-state index in [-0.39, 0.29) is 18.8 Å². The van der Waals surface area contributed by atoms with E-state index in [9.17, 15) is 14.5 Å². The van der Waals surface area contributed by atoms with Gasteiger partial charge in [0.05, 0.1) is 18.1 Å².